The van der Waals surface area contributed by atoms with E-state index in [2.05, 4.69) is 20.1 Å². The summed E-state index contributed by atoms with van der Waals surface area (Å²) in [6.45, 7) is 6.30. The lowest BCUT2D eigenvalue weighted by Crippen LogP contribution is -2.40. The zero-order valence-electron chi connectivity index (χ0n) is 15.2. The molecule has 4 heterocycles. The molecule has 9 nitrogen and oxygen atoms in total. The van der Waals surface area contributed by atoms with E-state index in [0.29, 0.717) is 49.5 Å². The Morgan fingerprint density at radius 3 is 2.67 bits per heavy atom. The minimum absolute atomic E-state index is 0.0965. The number of hydrogen-bond donors (Lipinski definition) is 0. The van der Waals surface area contributed by atoms with E-state index < -0.39 is 0 Å². The fraction of sp³-hybridized carbons (Fsp3) is 0.389. The van der Waals surface area contributed by atoms with E-state index in [1.54, 1.807) is 28.2 Å². The summed E-state index contributed by atoms with van der Waals surface area (Å²) < 4.78 is 12.3. The number of imidazole rings is 1. The largest absolute Gasteiger partial charge is 0.378 e. The predicted molar refractivity (Wildman–Crippen MR) is 95.5 cm³/mol. The summed E-state index contributed by atoms with van der Waals surface area (Å²) in [4.78, 5) is 27.2. The van der Waals surface area contributed by atoms with Gasteiger partial charge in [0.25, 0.3) is 11.8 Å². The summed E-state index contributed by atoms with van der Waals surface area (Å²) in [5, 5.41) is 3.96. The Hall–Kier alpha value is -3.07. The van der Waals surface area contributed by atoms with Crippen molar-refractivity contribution in [2.45, 2.75) is 19.8 Å². The van der Waals surface area contributed by atoms with Crippen molar-refractivity contribution in [3.63, 3.8) is 0 Å². The highest BCUT2D eigenvalue weighted by Gasteiger charge is 2.21. The summed E-state index contributed by atoms with van der Waals surface area (Å²) >= 11 is 0. The standard InChI is InChI=1S/C18H20N6O3/c1-12(2)16-21-17(27-22-16)13-3-4-15(19-9-13)24-10-14(20-11-24)18(25)23-5-7-26-8-6-23/h3-4,9-12H,5-8H2,1-2H3. The van der Waals surface area contributed by atoms with E-state index in [4.69, 9.17) is 9.26 Å². The molecule has 1 aliphatic rings. The molecular weight excluding hydrogens is 348 g/mol. The lowest BCUT2D eigenvalue weighted by atomic mass is 10.2. The molecule has 0 saturated carbocycles. The quantitative estimate of drug-likeness (QED) is 0.693. The molecule has 0 bridgehead atoms. The number of aromatic nitrogens is 5. The molecule has 1 amide bonds. The minimum atomic E-state index is -0.0965. The smallest absolute Gasteiger partial charge is 0.274 e. The second-order valence-electron chi connectivity index (χ2n) is 6.59. The van der Waals surface area contributed by atoms with Crippen molar-refractivity contribution in [1.29, 1.82) is 0 Å². The Morgan fingerprint density at radius 1 is 1.19 bits per heavy atom. The normalized spacial score (nSPS) is 14.7. The molecule has 4 rings (SSSR count). The van der Waals surface area contributed by atoms with Crippen LogP contribution in [-0.4, -0.2) is 61.8 Å². The van der Waals surface area contributed by atoms with Crippen LogP contribution in [0.5, 0.6) is 0 Å². The van der Waals surface area contributed by atoms with Crippen LogP contribution in [0, 0.1) is 0 Å². The molecule has 0 aromatic carbocycles. The third kappa shape index (κ3) is 3.59. The van der Waals surface area contributed by atoms with Crippen LogP contribution in [0.2, 0.25) is 0 Å². The van der Waals surface area contributed by atoms with Crippen molar-refractivity contribution in [3.8, 4) is 17.3 Å². The number of carbonyl (C=O) groups is 1. The van der Waals surface area contributed by atoms with E-state index in [-0.39, 0.29) is 11.8 Å². The van der Waals surface area contributed by atoms with Crippen LogP contribution in [0.25, 0.3) is 17.3 Å². The topological polar surface area (TPSA) is 99.2 Å². The van der Waals surface area contributed by atoms with Gasteiger partial charge in [-0.3, -0.25) is 9.36 Å². The number of amides is 1. The van der Waals surface area contributed by atoms with Crippen LogP contribution in [0.4, 0.5) is 0 Å². The lowest BCUT2D eigenvalue weighted by Gasteiger charge is -2.25. The van der Waals surface area contributed by atoms with Gasteiger partial charge < -0.3 is 14.2 Å². The van der Waals surface area contributed by atoms with Crippen molar-refractivity contribution in [1.82, 2.24) is 29.6 Å². The molecule has 0 spiro atoms. The maximum atomic E-state index is 12.5. The first-order valence-corrected chi connectivity index (χ1v) is 8.83. The van der Waals surface area contributed by atoms with Gasteiger partial charge in [-0.25, -0.2) is 9.97 Å². The highest BCUT2D eigenvalue weighted by Crippen LogP contribution is 2.20. The van der Waals surface area contributed by atoms with Crippen molar-refractivity contribution in [3.05, 3.63) is 42.4 Å². The van der Waals surface area contributed by atoms with Crippen LogP contribution in [-0.2, 0) is 4.74 Å². The summed E-state index contributed by atoms with van der Waals surface area (Å²) in [5.41, 5.74) is 1.13. The van der Waals surface area contributed by atoms with Gasteiger partial charge in [0.05, 0.1) is 18.8 Å². The molecule has 1 saturated heterocycles. The van der Waals surface area contributed by atoms with E-state index in [1.807, 2.05) is 26.0 Å². The van der Waals surface area contributed by atoms with Crippen molar-refractivity contribution in [2.24, 2.45) is 0 Å². The van der Waals surface area contributed by atoms with Gasteiger partial charge in [-0.05, 0) is 12.1 Å². The Labute approximate surface area is 156 Å². The summed E-state index contributed by atoms with van der Waals surface area (Å²) in [7, 11) is 0. The van der Waals surface area contributed by atoms with Gasteiger partial charge in [0, 0.05) is 31.4 Å². The molecule has 1 aliphatic heterocycles. The summed E-state index contributed by atoms with van der Waals surface area (Å²) in [6, 6.07) is 3.67. The molecule has 0 aliphatic carbocycles. The van der Waals surface area contributed by atoms with Crippen molar-refractivity contribution >= 4 is 5.91 Å². The van der Waals surface area contributed by atoms with E-state index in [1.165, 1.54) is 0 Å². The van der Waals surface area contributed by atoms with Crippen molar-refractivity contribution < 1.29 is 14.1 Å². The van der Waals surface area contributed by atoms with Gasteiger partial charge in [-0.2, -0.15) is 4.98 Å². The highest BCUT2D eigenvalue weighted by molar-refractivity contribution is 5.92. The van der Waals surface area contributed by atoms with Crippen LogP contribution >= 0.6 is 0 Å². The van der Waals surface area contributed by atoms with Crippen LogP contribution < -0.4 is 0 Å². The lowest BCUT2D eigenvalue weighted by molar-refractivity contribution is 0.0299. The van der Waals surface area contributed by atoms with Gasteiger partial charge in [0.1, 0.15) is 17.8 Å². The van der Waals surface area contributed by atoms with Gasteiger partial charge in [-0.15, -0.1) is 0 Å². The second-order valence-corrected chi connectivity index (χ2v) is 6.59. The average molecular weight is 368 g/mol. The van der Waals surface area contributed by atoms with Crippen LogP contribution in [0.1, 0.15) is 36.1 Å². The first-order valence-electron chi connectivity index (χ1n) is 8.83. The number of carbonyl (C=O) groups excluding carboxylic acids is 1. The third-order valence-electron chi connectivity index (χ3n) is 4.32. The van der Waals surface area contributed by atoms with Crippen LogP contribution in [0.3, 0.4) is 0 Å². The molecule has 140 valence electrons. The fourth-order valence-corrected chi connectivity index (χ4v) is 2.74. The van der Waals surface area contributed by atoms with E-state index in [9.17, 15) is 4.79 Å². The molecule has 3 aromatic rings. The molecule has 0 radical (unpaired) electrons. The highest BCUT2D eigenvalue weighted by atomic mass is 16.5. The molecule has 3 aromatic heterocycles. The monoisotopic (exact) mass is 368 g/mol. The van der Waals surface area contributed by atoms with E-state index in [0.717, 1.165) is 5.56 Å². The van der Waals surface area contributed by atoms with E-state index >= 15 is 0 Å². The van der Waals surface area contributed by atoms with Gasteiger partial charge >= 0.3 is 0 Å². The summed E-state index contributed by atoms with van der Waals surface area (Å²) in [6.07, 6.45) is 4.93. The first-order chi connectivity index (χ1) is 13.1. The number of nitrogens with zero attached hydrogens (tertiary/aromatic N) is 6. The zero-order chi connectivity index (χ0) is 18.8. The molecule has 0 unspecified atom stereocenters. The SMILES string of the molecule is CC(C)c1noc(-c2ccc(-n3cnc(C(=O)N4CCOCC4)c3)nc2)n1. The average Bonchev–Trinajstić information content (AvgIpc) is 3.38. The second kappa shape index (κ2) is 7.28. The fourth-order valence-electron chi connectivity index (χ4n) is 2.74. The molecular formula is C18H20N6O3. The van der Waals surface area contributed by atoms with Gasteiger partial charge in [-0.1, -0.05) is 19.0 Å². The Balaban J connectivity index is 1.50. The maximum absolute atomic E-state index is 12.5. The molecule has 0 atom stereocenters. The number of hydrogen-bond acceptors (Lipinski definition) is 7. The van der Waals surface area contributed by atoms with Gasteiger partial charge in [0.2, 0.25) is 0 Å². The Kier molecular flexibility index (Phi) is 4.68. The number of rotatable bonds is 4. The molecule has 1 fully saturated rings. The Morgan fingerprint density at radius 2 is 2.00 bits per heavy atom. The number of ether oxygens (including phenoxy) is 1. The Bertz CT molecular complexity index is 925. The number of morpholine rings is 1. The van der Waals surface area contributed by atoms with Crippen LogP contribution in [0.15, 0.2) is 35.4 Å². The first kappa shape index (κ1) is 17.3. The minimum Gasteiger partial charge on any atom is -0.378 e. The zero-order valence-corrected chi connectivity index (χ0v) is 15.2. The van der Waals surface area contributed by atoms with Crippen molar-refractivity contribution in [2.75, 3.05) is 26.3 Å². The maximum Gasteiger partial charge on any atom is 0.274 e. The van der Waals surface area contributed by atoms with Gasteiger partial charge in [0.15, 0.2) is 5.82 Å². The molecule has 9 heteroatoms. The third-order valence-corrected chi connectivity index (χ3v) is 4.32. The molecule has 0 N–H and O–H groups in total. The number of pyridine rings is 1. The molecule has 27 heavy (non-hydrogen) atoms. The predicted octanol–water partition coefficient (Wildman–Crippen LogP) is 1.91. The summed E-state index contributed by atoms with van der Waals surface area (Å²) in [5.74, 6) is 1.85.